The van der Waals surface area contributed by atoms with Crippen molar-refractivity contribution >= 4 is 41.4 Å². The molecule has 8 atom stereocenters. The smallest absolute Gasteiger partial charge is 0.407 e. The Kier molecular flexibility index (Phi) is 12.7. The molecule has 1 heterocycles. The molecule has 3 unspecified atom stereocenters. The maximum atomic E-state index is 14.4. The van der Waals surface area contributed by atoms with Crippen LogP contribution in [0.3, 0.4) is 0 Å². The lowest BCUT2D eigenvalue weighted by atomic mass is 9.83. The van der Waals surface area contributed by atoms with Crippen LogP contribution in [-0.2, 0) is 33.5 Å². The lowest BCUT2D eigenvalue weighted by molar-refractivity contribution is -0.145. The first-order chi connectivity index (χ1) is 25.5. The summed E-state index contributed by atoms with van der Waals surface area (Å²) in [5.74, 6) is -4.09. The van der Waals surface area contributed by atoms with Crippen LogP contribution in [0, 0.1) is 40.9 Å². The molecule has 4 aliphatic rings. The van der Waals surface area contributed by atoms with Crippen LogP contribution in [0.5, 0.6) is 0 Å². The largest absolute Gasteiger partial charge is 0.449 e. The summed E-state index contributed by atoms with van der Waals surface area (Å²) in [4.78, 5) is 97.3. The maximum Gasteiger partial charge on any atom is 0.407 e. The monoisotopic (exact) mass is 750 g/mol. The topological polar surface area (TPSA) is 183 Å². The van der Waals surface area contributed by atoms with E-state index in [4.69, 9.17) is 4.74 Å². The predicted octanol–water partition coefficient (Wildman–Crippen LogP) is 2.57. The molecule has 1 aromatic carbocycles. The van der Waals surface area contributed by atoms with Gasteiger partial charge in [0.1, 0.15) is 24.2 Å². The van der Waals surface area contributed by atoms with Crippen LogP contribution in [0.4, 0.5) is 4.79 Å². The fourth-order valence-electron chi connectivity index (χ4n) is 8.46. The first-order valence-electron chi connectivity index (χ1n) is 19.4. The highest BCUT2D eigenvalue weighted by Crippen LogP contribution is 2.65. The summed E-state index contributed by atoms with van der Waals surface area (Å²) in [7, 11) is 3.14. The molecule has 6 amide bonds. The van der Waals surface area contributed by atoms with Gasteiger partial charge in [-0.25, -0.2) is 4.79 Å². The second-order valence-corrected chi connectivity index (χ2v) is 17.0. The molecule has 1 aliphatic heterocycles. The van der Waals surface area contributed by atoms with Crippen molar-refractivity contribution in [2.75, 3.05) is 33.8 Å². The lowest BCUT2D eigenvalue weighted by Crippen LogP contribution is -2.60. The van der Waals surface area contributed by atoms with E-state index in [-0.39, 0.29) is 59.3 Å². The number of ether oxygens (including phenoxy) is 1. The molecule has 4 N–H and O–H groups in total. The number of piperidine rings is 1. The molecule has 0 aromatic heterocycles. The molecule has 0 spiro atoms. The molecule has 3 aliphatic carbocycles. The number of alkyl carbamates (subject to hydrolysis) is 1. The van der Waals surface area contributed by atoms with Gasteiger partial charge in [-0.15, -0.1) is 0 Å². The first-order valence-corrected chi connectivity index (χ1v) is 19.4. The second kappa shape index (κ2) is 16.9. The summed E-state index contributed by atoms with van der Waals surface area (Å²) in [5, 5.41) is 10.7. The SMILES string of the molecule is CC(C)COC(=O)N[C@H](C(=O)N1C[C@H]2[C@@H]([C@H]1C(=O)NC(C(=O)C(=O)NCC(=O)NC(C(=O)N(C)C)c1ccccc1)C1C[C@H]1C)C2(C)C)C1CCCCC1. The fraction of sp³-hybridized carbons (Fsp3) is 0.675. The molecule has 54 heavy (non-hydrogen) atoms. The van der Waals surface area contributed by atoms with Crippen molar-refractivity contribution in [1.82, 2.24) is 31.1 Å². The Bertz CT molecular complexity index is 1590. The van der Waals surface area contributed by atoms with Gasteiger partial charge in [0.2, 0.25) is 29.4 Å². The Labute approximate surface area is 318 Å². The van der Waals surface area contributed by atoms with Crippen molar-refractivity contribution in [1.29, 1.82) is 0 Å². The number of benzene rings is 1. The van der Waals surface area contributed by atoms with Gasteiger partial charge in [0, 0.05) is 20.6 Å². The number of Topliss-reactive ketones (excluding diaryl/α,β-unsaturated/α-hetero) is 1. The van der Waals surface area contributed by atoms with Crippen molar-refractivity contribution < 1.29 is 38.3 Å². The Balaban J connectivity index is 1.27. The van der Waals surface area contributed by atoms with Gasteiger partial charge in [0.15, 0.2) is 0 Å². The number of nitrogens with one attached hydrogen (secondary N) is 4. The van der Waals surface area contributed by atoms with Crippen molar-refractivity contribution in [3.8, 4) is 0 Å². The minimum Gasteiger partial charge on any atom is -0.449 e. The van der Waals surface area contributed by atoms with E-state index in [1.807, 2.05) is 20.8 Å². The van der Waals surface area contributed by atoms with Crippen molar-refractivity contribution in [3.63, 3.8) is 0 Å². The van der Waals surface area contributed by atoms with Crippen LogP contribution in [0.1, 0.15) is 84.7 Å². The highest BCUT2D eigenvalue weighted by Gasteiger charge is 2.70. The first kappa shape index (κ1) is 40.7. The van der Waals surface area contributed by atoms with Gasteiger partial charge >= 0.3 is 6.09 Å². The second-order valence-electron chi connectivity index (χ2n) is 17.0. The number of hydrogen-bond donors (Lipinski definition) is 4. The average Bonchev–Trinajstić information content (AvgIpc) is 3.92. The summed E-state index contributed by atoms with van der Waals surface area (Å²) in [5.41, 5.74) is 0.343. The number of amides is 6. The van der Waals surface area contributed by atoms with Crippen molar-refractivity contribution in [3.05, 3.63) is 35.9 Å². The molecule has 14 heteroatoms. The summed E-state index contributed by atoms with van der Waals surface area (Å²) in [6.07, 6.45) is 4.43. The van der Waals surface area contributed by atoms with Crippen LogP contribution in [0.2, 0.25) is 0 Å². The molecular formula is C40H58N6O8. The Hall–Kier alpha value is -4.49. The molecule has 5 rings (SSSR count). The summed E-state index contributed by atoms with van der Waals surface area (Å²) < 4.78 is 5.40. The summed E-state index contributed by atoms with van der Waals surface area (Å²) >= 11 is 0. The van der Waals surface area contributed by atoms with E-state index in [2.05, 4.69) is 35.1 Å². The van der Waals surface area contributed by atoms with Gasteiger partial charge in [-0.2, -0.15) is 0 Å². The predicted molar refractivity (Wildman–Crippen MR) is 199 cm³/mol. The Morgan fingerprint density at radius 3 is 2.17 bits per heavy atom. The zero-order valence-electron chi connectivity index (χ0n) is 32.7. The minimum atomic E-state index is -1.15. The number of fused-ring (bicyclic) bond motifs is 1. The van der Waals surface area contributed by atoms with Gasteiger partial charge in [0.25, 0.3) is 5.91 Å². The number of nitrogens with zero attached hydrogens (tertiary/aromatic N) is 2. The molecule has 0 radical (unpaired) electrons. The number of carbonyl (C=O) groups excluding carboxylic acids is 7. The maximum absolute atomic E-state index is 14.4. The number of ketones is 1. The average molecular weight is 751 g/mol. The van der Waals surface area contributed by atoms with E-state index in [1.54, 1.807) is 49.3 Å². The number of likely N-dealkylation sites (N-methyl/N-ethyl adjacent to an activating group) is 1. The number of likely N-dealkylation sites (tertiary alicyclic amines) is 1. The normalized spacial score (nSPS) is 25.6. The van der Waals surface area contributed by atoms with Crippen LogP contribution in [-0.4, -0.2) is 103 Å². The van der Waals surface area contributed by atoms with Crippen molar-refractivity contribution in [2.45, 2.75) is 97.3 Å². The third-order valence-corrected chi connectivity index (χ3v) is 11.9. The van der Waals surface area contributed by atoms with Gasteiger partial charge in [-0.1, -0.05) is 84.2 Å². The highest BCUT2D eigenvalue weighted by molar-refractivity contribution is 6.38. The Morgan fingerprint density at radius 2 is 1.57 bits per heavy atom. The van der Waals surface area contributed by atoms with E-state index in [0.29, 0.717) is 18.5 Å². The number of carbonyl (C=O) groups is 7. The molecule has 296 valence electrons. The Morgan fingerprint density at radius 1 is 0.926 bits per heavy atom. The zero-order valence-corrected chi connectivity index (χ0v) is 32.7. The summed E-state index contributed by atoms with van der Waals surface area (Å²) in [6.45, 7) is 9.89. The molecule has 4 fully saturated rings. The van der Waals surface area contributed by atoms with E-state index < -0.39 is 60.3 Å². The van der Waals surface area contributed by atoms with Crippen LogP contribution in [0.25, 0.3) is 0 Å². The van der Waals surface area contributed by atoms with Crippen LogP contribution >= 0.6 is 0 Å². The molecule has 14 nitrogen and oxygen atoms in total. The zero-order chi connectivity index (χ0) is 39.5. The standard InChI is InChI=1S/C40H58N6O8/c1-22(2)21-54-39(53)44-31(25-16-12-9-13-17-25)38(52)46-20-27-29(40(27,4)5)33(46)35(49)43-32(26-18-23(26)3)34(48)36(50)41-19-28(47)42-30(37(51)45(6)7)24-14-10-8-11-15-24/h8,10-11,14-15,22-23,25-27,29-33H,9,12-13,16-21H2,1-7H3,(H,41,50)(H,42,47)(H,43,49)(H,44,53)/t23-,26?,27+,29+,30?,31+,32?,33+/m1/s1. The molecule has 3 saturated carbocycles. The lowest BCUT2D eigenvalue weighted by Gasteiger charge is -2.37. The van der Waals surface area contributed by atoms with E-state index in [9.17, 15) is 33.6 Å². The quantitative estimate of drug-likeness (QED) is 0.197. The number of rotatable bonds is 15. The molecular weight excluding hydrogens is 692 g/mol. The van der Waals surface area contributed by atoms with Gasteiger partial charge in [-0.3, -0.25) is 28.8 Å². The summed E-state index contributed by atoms with van der Waals surface area (Å²) in [6, 6.07) is 4.79. The fourth-order valence-corrected chi connectivity index (χ4v) is 8.46. The van der Waals surface area contributed by atoms with E-state index in [0.717, 1.165) is 32.1 Å². The van der Waals surface area contributed by atoms with Gasteiger partial charge < -0.3 is 35.8 Å². The van der Waals surface area contributed by atoms with Crippen molar-refractivity contribution in [2.24, 2.45) is 40.9 Å². The highest BCUT2D eigenvalue weighted by atomic mass is 16.5. The minimum absolute atomic E-state index is 0.0620. The van der Waals surface area contributed by atoms with Gasteiger partial charge in [-0.05, 0) is 65.7 Å². The van der Waals surface area contributed by atoms with Crippen LogP contribution < -0.4 is 21.3 Å². The molecule has 1 aromatic rings. The third-order valence-electron chi connectivity index (χ3n) is 11.9. The van der Waals surface area contributed by atoms with Crippen LogP contribution in [0.15, 0.2) is 30.3 Å². The van der Waals surface area contributed by atoms with E-state index in [1.165, 1.54) is 4.90 Å². The molecule has 0 bridgehead atoms. The third kappa shape index (κ3) is 9.23. The van der Waals surface area contributed by atoms with Gasteiger partial charge in [0.05, 0.1) is 13.2 Å². The molecule has 1 saturated heterocycles. The number of hydrogen-bond acceptors (Lipinski definition) is 8. The van der Waals surface area contributed by atoms with E-state index >= 15 is 0 Å².